The molecule has 1 fully saturated rings. The van der Waals surface area contributed by atoms with Gasteiger partial charge in [-0.1, -0.05) is 65.8 Å². The summed E-state index contributed by atoms with van der Waals surface area (Å²) in [6, 6.07) is 21.3. The van der Waals surface area contributed by atoms with Gasteiger partial charge in [-0.05, 0) is 18.1 Å². The van der Waals surface area contributed by atoms with Crippen molar-refractivity contribution >= 4 is 5.91 Å². The number of aryl methyl sites for hydroxylation is 1. The number of hydrogen-bond donors (Lipinski definition) is 0. The van der Waals surface area contributed by atoms with Crippen molar-refractivity contribution in [3.05, 3.63) is 89.3 Å². The molecule has 1 aliphatic heterocycles. The summed E-state index contributed by atoms with van der Waals surface area (Å²) in [7, 11) is 0. The van der Waals surface area contributed by atoms with E-state index in [0.717, 1.165) is 13.1 Å². The average Bonchev–Trinajstić information content (AvgIpc) is 3.16. The number of aromatic nitrogens is 1. The van der Waals surface area contributed by atoms with Gasteiger partial charge in [-0.2, -0.15) is 0 Å². The number of nitrogens with zero attached hydrogens (tertiary/aromatic N) is 3. The van der Waals surface area contributed by atoms with Crippen LogP contribution in [-0.4, -0.2) is 47.0 Å². The molecule has 1 aliphatic rings. The van der Waals surface area contributed by atoms with Crippen LogP contribution in [0.4, 0.5) is 0 Å². The largest absolute Gasteiger partial charge is 0.361 e. The Morgan fingerprint density at radius 3 is 1.96 bits per heavy atom. The van der Waals surface area contributed by atoms with Gasteiger partial charge in [0.25, 0.3) is 5.91 Å². The van der Waals surface area contributed by atoms with E-state index in [-0.39, 0.29) is 11.9 Å². The lowest BCUT2D eigenvalue weighted by Crippen LogP contribution is -2.49. The molecule has 0 saturated carbocycles. The molecule has 0 aliphatic carbocycles. The Hall–Kier alpha value is -2.92. The first-order valence-electron chi connectivity index (χ1n) is 9.28. The number of carbonyl (C=O) groups is 1. The molecule has 4 rings (SSSR count). The van der Waals surface area contributed by atoms with Crippen LogP contribution in [0.25, 0.3) is 0 Å². The van der Waals surface area contributed by atoms with Gasteiger partial charge < -0.3 is 9.42 Å². The molecule has 1 saturated heterocycles. The Labute approximate surface area is 159 Å². The van der Waals surface area contributed by atoms with Gasteiger partial charge in [-0.3, -0.25) is 9.69 Å². The topological polar surface area (TPSA) is 49.6 Å². The minimum atomic E-state index is 0.00405. The third-order valence-corrected chi connectivity index (χ3v) is 5.18. The van der Waals surface area contributed by atoms with Crippen LogP contribution < -0.4 is 0 Å². The van der Waals surface area contributed by atoms with Crippen LogP contribution in [0.2, 0.25) is 0 Å². The van der Waals surface area contributed by atoms with Crippen molar-refractivity contribution in [2.45, 2.75) is 13.0 Å². The van der Waals surface area contributed by atoms with Crippen molar-refractivity contribution in [1.29, 1.82) is 0 Å². The Bertz CT molecular complexity index is 845. The summed E-state index contributed by atoms with van der Waals surface area (Å²) in [5.74, 6) is 0.582. The zero-order chi connectivity index (χ0) is 18.6. The lowest BCUT2D eigenvalue weighted by atomic mass is 9.96. The lowest BCUT2D eigenvalue weighted by molar-refractivity contribution is 0.0595. The highest BCUT2D eigenvalue weighted by atomic mass is 16.5. The maximum atomic E-state index is 12.7. The Kier molecular flexibility index (Phi) is 5.03. The third-order valence-electron chi connectivity index (χ3n) is 5.18. The zero-order valence-corrected chi connectivity index (χ0v) is 15.4. The second-order valence-electron chi connectivity index (χ2n) is 6.85. The highest BCUT2D eigenvalue weighted by Crippen LogP contribution is 2.29. The summed E-state index contributed by atoms with van der Waals surface area (Å²) in [6.07, 6.45) is 1.51. The first kappa shape index (κ1) is 17.5. The third kappa shape index (κ3) is 3.64. The molecule has 1 aromatic heterocycles. The van der Waals surface area contributed by atoms with E-state index in [1.165, 1.54) is 17.3 Å². The molecular weight excluding hydrogens is 338 g/mol. The van der Waals surface area contributed by atoms with E-state index in [2.05, 4.69) is 58.6 Å². The SMILES string of the molecule is Cc1oncc1C(=O)N1CCN(C(c2ccccc2)c2ccccc2)CC1. The van der Waals surface area contributed by atoms with Gasteiger partial charge in [0.15, 0.2) is 0 Å². The smallest absolute Gasteiger partial charge is 0.259 e. The molecule has 1 amide bonds. The fraction of sp³-hybridized carbons (Fsp3) is 0.273. The van der Waals surface area contributed by atoms with E-state index < -0.39 is 0 Å². The summed E-state index contributed by atoms with van der Waals surface area (Å²) in [5, 5.41) is 3.73. The molecule has 138 valence electrons. The standard InChI is InChI=1S/C22H23N3O2/c1-17-20(16-23-27-17)22(26)25-14-12-24(13-15-25)21(18-8-4-2-5-9-18)19-10-6-3-7-11-19/h2-11,16,21H,12-15H2,1H3. The van der Waals surface area contributed by atoms with Crippen molar-refractivity contribution in [3.8, 4) is 0 Å². The molecule has 0 N–H and O–H groups in total. The summed E-state index contributed by atoms with van der Waals surface area (Å²) < 4.78 is 5.04. The molecule has 0 radical (unpaired) electrons. The van der Waals surface area contributed by atoms with Crippen molar-refractivity contribution < 1.29 is 9.32 Å². The van der Waals surface area contributed by atoms with Crippen molar-refractivity contribution in [1.82, 2.24) is 15.0 Å². The number of hydrogen-bond acceptors (Lipinski definition) is 4. The maximum absolute atomic E-state index is 12.7. The molecule has 0 atom stereocenters. The molecule has 27 heavy (non-hydrogen) atoms. The quantitative estimate of drug-likeness (QED) is 0.713. The Morgan fingerprint density at radius 1 is 0.926 bits per heavy atom. The minimum absolute atomic E-state index is 0.00405. The number of carbonyl (C=O) groups excluding carboxylic acids is 1. The van der Waals surface area contributed by atoms with Gasteiger partial charge in [0.2, 0.25) is 0 Å². The van der Waals surface area contributed by atoms with Crippen LogP contribution in [-0.2, 0) is 0 Å². The first-order valence-corrected chi connectivity index (χ1v) is 9.28. The van der Waals surface area contributed by atoms with Gasteiger partial charge in [0.1, 0.15) is 11.3 Å². The monoisotopic (exact) mass is 361 g/mol. The second-order valence-corrected chi connectivity index (χ2v) is 6.85. The molecule has 2 aromatic carbocycles. The predicted molar refractivity (Wildman–Crippen MR) is 103 cm³/mol. The fourth-order valence-electron chi connectivity index (χ4n) is 3.74. The van der Waals surface area contributed by atoms with E-state index in [9.17, 15) is 4.79 Å². The molecule has 5 nitrogen and oxygen atoms in total. The van der Waals surface area contributed by atoms with E-state index in [1.54, 1.807) is 6.92 Å². The zero-order valence-electron chi connectivity index (χ0n) is 15.4. The van der Waals surface area contributed by atoms with Gasteiger partial charge >= 0.3 is 0 Å². The van der Waals surface area contributed by atoms with Crippen LogP contribution in [0.15, 0.2) is 71.4 Å². The average molecular weight is 361 g/mol. The van der Waals surface area contributed by atoms with E-state index in [1.807, 2.05) is 17.0 Å². The fourth-order valence-corrected chi connectivity index (χ4v) is 3.74. The van der Waals surface area contributed by atoms with Gasteiger partial charge in [0.05, 0.1) is 12.2 Å². The van der Waals surface area contributed by atoms with Crippen LogP contribution in [0.5, 0.6) is 0 Å². The van der Waals surface area contributed by atoms with Crippen molar-refractivity contribution in [2.75, 3.05) is 26.2 Å². The van der Waals surface area contributed by atoms with E-state index in [0.29, 0.717) is 24.4 Å². The Morgan fingerprint density at radius 2 is 1.48 bits per heavy atom. The summed E-state index contributed by atoms with van der Waals surface area (Å²) in [6.45, 7) is 4.81. The Balaban J connectivity index is 1.52. The minimum Gasteiger partial charge on any atom is -0.361 e. The number of piperazine rings is 1. The van der Waals surface area contributed by atoms with E-state index >= 15 is 0 Å². The molecule has 3 aromatic rings. The van der Waals surface area contributed by atoms with Crippen molar-refractivity contribution in [3.63, 3.8) is 0 Å². The second kappa shape index (κ2) is 7.76. The number of amides is 1. The van der Waals surface area contributed by atoms with Gasteiger partial charge in [-0.15, -0.1) is 0 Å². The predicted octanol–water partition coefficient (Wildman–Crippen LogP) is 3.53. The number of rotatable bonds is 4. The normalized spacial score (nSPS) is 15.3. The van der Waals surface area contributed by atoms with Crippen LogP contribution in [0.3, 0.4) is 0 Å². The van der Waals surface area contributed by atoms with Gasteiger partial charge in [0, 0.05) is 26.2 Å². The van der Waals surface area contributed by atoms with Crippen LogP contribution in [0.1, 0.15) is 33.3 Å². The summed E-state index contributed by atoms with van der Waals surface area (Å²) in [4.78, 5) is 17.1. The summed E-state index contributed by atoms with van der Waals surface area (Å²) >= 11 is 0. The number of benzene rings is 2. The highest BCUT2D eigenvalue weighted by molar-refractivity contribution is 5.94. The highest BCUT2D eigenvalue weighted by Gasteiger charge is 2.29. The molecule has 5 heteroatoms. The molecule has 2 heterocycles. The maximum Gasteiger partial charge on any atom is 0.259 e. The van der Waals surface area contributed by atoms with Gasteiger partial charge in [-0.25, -0.2) is 0 Å². The first-order chi connectivity index (χ1) is 13.2. The molecule has 0 bridgehead atoms. The molecule has 0 unspecified atom stereocenters. The van der Waals surface area contributed by atoms with Crippen LogP contribution >= 0.6 is 0 Å². The molecule has 0 spiro atoms. The van der Waals surface area contributed by atoms with Crippen LogP contribution in [0, 0.1) is 6.92 Å². The van der Waals surface area contributed by atoms with E-state index in [4.69, 9.17) is 4.52 Å². The lowest BCUT2D eigenvalue weighted by Gasteiger charge is -2.39. The molecular formula is C22H23N3O2. The summed E-state index contributed by atoms with van der Waals surface area (Å²) in [5.41, 5.74) is 3.11. The van der Waals surface area contributed by atoms with Crippen molar-refractivity contribution in [2.24, 2.45) is 0 Å².